The molecule has 2 heterocycles. The normalized spacial score (nSPS) is 11.0. The monoisotopic (exact) mass is 672 g/mol. The molecule has 10 nitrogen and oxygen atoms in total. The average molecular weight is 673 g/mol. The van der Waals surface area contributed by atoms with E-state index in [0.717, 1.165) is 29.3 Å². The third kappa shape index (κ3) is 9.22. The van der Waals surface area contributed by atoms with Crippen LogP contribution in [-0.2, 0) is 19.1 Å². The van der Waals surface area contributed by atoms with Gasteiger partial charge in [0.1, 0.15) is 21.4 Å². The van der Waals surface area contributed by atoms with E-state index in [1.54, 1.807) is 18.2 Å². The van der Waals surface area contributed by atoms with Crippen molar-refractivity contribution in [2.45, 2.75) is 9.79 Å². The summed E-state index contributed by atoms with van der Waals surface area (Å²) in [4.78, 5) is -0.930. The molecule has 45 heavy (non-hydrogen) atoms. The molecule has 4 aromatic carbocycles. The zero-order valence-electron chi connectivity index (χ0n) is 22.9. The number of nitrogens with one attached hydrogen (secondary N) is 1. The molecule has 6 aromatic rings. The van der Waals surface area contributed by atoms with Crippen LogP contribution in [0.4, 0.5) is 20.4 Å². The second kappa shape index (κ2) is 14.6. The van der Waals surface area contributed by atoms with Crippen LogP contribution in [-0.4, -0.2) is 27.1 Å². The molecule has 0 aliphatic rings. The number of benzene rings is 4. The number of nitrogens with two attached hydrogens (primary N) is 1. The Morgan fingerprint density at radius 1 is 0.622 bits per heavy atom. The lowest BCUT2D eigenvalue weighted by molar-refractivity contribution is 0.435. The van der Waals surface area contributed by atoms with Gasteiger partial charge in [0.2, 0.25) is 0 Å². The number of sulfonamides is 1. The fourth-order valence-corrected chi connectivity index (χ4v) is 5.57. The summed E-state index contributed by atoms with van der Waals surface area (Å²) in [6.07, 6.45) is 0. The quantitative estimate of drug-likeness (QED) is 0.178. The number of halogens is 3. The highest BCUT2D eigenvalue weighted by Crippen LogP contribution is 2.24. The van der Waals surface area contributed by atoms with Crippen molar-refractivity contribution in [3.05, 3.63) is 133 Å². The topological polar surface area (TPSA) is 158 Å². The van der Waals surface area contributed by atoms with Gasteiger partial charge in [-0.25, -0.2) is 25.6 Å². The molecule has 2 aromatic heterocycles. The Kier molecular flexibility index (Phi) is 10.7. The highest BCUT2D eigenvalue weighted by Gasteiger charge is 2.20. The third-order valence-electron chi connectivity index (χ3n) is 5.62. The Balaban J connectivity index is 0.000000169. The van der Waals surface area contributed by atoms with Crippen molar-refractivity contribution < 1.29 is 34.7 Å². The summed E-state index contributed by atoms with van der Waals surface area (Å²) in [5.74, 6) is -0.153. The molecule has 0 bridgehead atoms. The molecular formula is C30H23ClF2N4O6S2. The average Bonchev–Trinajstić information content (AvgIpc) is 3.67. The van der Waals surface area contributed by atoms with Crippen LogP contribution in [0.1, 0.15) is 0 Å². The first-order valence-corrected chi connectivity index (χ1v) is 16.5. The molecule has 0 aliphatic carbocycles. The first kappa shape index (κ1) is 32.9. The minimum atomic E-state index is -4.06. The molecule has 0 atom stereocenters. The zero-order chi connectivity index (χ0) is 32.5. The number of nitrogens with zero attached hydrogens (tertiary/aromatic N) is 2. The number of hydrogen-bond acceptors (Lipinski definition) is 9. The molecule has 0 aliphatic heterocycles. The molecule has 0 unspecified atom stereocenters. The Hall–Kier alpha value is -5.05. The highest BCUT2D eigenvalue weighted by atomic mass is 35.7. The third-order valence-corrected chi connectivity index (χ3v) is 8.36. The minimum absolute atomic E-state index is 0.0119. The van der Waals surface area contributed by atoms with E-state index in [9.17, 15) is 25.6 Å². The molecule has 0 amide bonds. The first-order valence-electron chi connectivity index (χ1n) is 12.7. The van der Waals surface area contributed by atoms with E-state index in [-0.39, 0.29) is 5.82 Å². The number of rotatable bonds is 6. The summed E-state index contributed by atoms with van der Waals surface area (Å²) in [5.41, 5.74) is 7.15. The van der Waals surface area contributed by atoms with Gasteiger partial charge in [0.15, 0.2) is 23.2 Å². The van der Waals surface area contributed by atoms with Crippen molar-refractivity contribution in [1.29, 1.82) is 0 Å². The molecular weight excluding hydrogens is 650 g/mol. The Labute approximate surface area is 261 Å². The Morgan fingerprint density at radius 3 is 1.51 bits per heavy atom. The molecule has 0 radical (unpaired) electrons. The van der Waals surface area contributed by atoms with Crippen LogP contribution in [0.25, 0.3) is 22.6 Å². The molecule has 15 heteroatoms. The molecule has 0 fully saturated rings. The fourth-order valence-electron chi connectivity index (χ4n) is 3.59. The lowest BCUT2D eigenvalue weighted by Crippen LogP contribution is -2.14. The van der Waals surface area contributed by atoms with Crippen LogP contribution in [0, 0.1) is 11.6 Å². The predicted octanol–water partition coefficient (Wildman–Crippen LogP) is 6.96. The summed E-state index contributed by atoms with van der Waals surface area (Å²) in [5, 5.41) is 7.24. The van der Waals surface area contributed by atoms with E-state index in [2.05, 4.69) is 15.0 Å². The van der Waals surface area contributed by atoms with E-state index in [1.165, 1.54) is 36.4 Å². The highest BCUT2D eigenvalue weighted by molar-refractivity contribution is 8.13. The van der Waals surface area contributed by atoms with Gasteiger partial charge >= 0.3 is 0 Å². The predicted molar refractivity (Wildman–Crippen MR) is 165 cm³/mol. The van der Waals surface area contributed by atoms with Crippen LogP contribution in [0.5, 0.6) is 0 Å². The van der Waals surface area contributed by atoms with Gasteiger partial charge in [0.25, 0.3) is 19.1 Å². The van der Waals surface area contributed by atoms with Crippen molar-refractivity contribution in [2.24, 2.45) is 0 Å². The van der Waals surface area contributed by atoms with Crippen LogP contribution >= 0.6 is 10.7 Å². The number of anilines is 2. The standard InChI is InChI=1S/C15H11FN2O3S.C9H8N2O.C6H4ClFO2S/c16-12-8-4-5-9-14(12)22(19,20)18-15-10-13(21-17-15)11-6-2-1-3-7-11;10-9-6-8(12-11-9)7-4-2-1-3-5-7;7-11(9,10)6-4-2-1-3-5(6)8/h1-10H,(H,17,18);1-6H,(H2,10,11);1-4H. The maximum atomic E-state index is 13.6. The van der Waals surface area contributed by atoms with E-state index in [1.807, 2.05) is 48.5 Å². The molecule has 232 valence electrons. The number of aromatic nitrogens is 2. The lowest BCUT2D eigenvalue weighted by Gasteiger charge is -2.05. The lowest BCUT2D eigenvalue weighted by atomic mass is 10.2. The van der Waals surface area contributed by atoms with Crippen molar-refractivity contribution in [3.63, 3.8) is 0 Å². The van der Waals surface area contributed by atoms with Gasteiger partial charge in [0, 0.05) is 33.9 Å². The van der Waals surface area contributed by atoms with Gasteiger partial charge in [-0.15, -0.1) is 0 Å². The van der Waals surface area contributed by atoms with E-state index < -0.39 is 40.5 Å². The summed E-state index contributed by atoms with van der Waals surface area (Å²) in [6, 6.07) is 32.0. The number of hydrogen-bond donors (Lipinski definition) is 2. The van der Waals surface area contributed by atoms with Gasteiger partial charge in [-0.1, -0.05) is 95.2 Å². The van der Waals surface area contributed by atoms with Crippen molar-refractivity contribution >= 4 is 41.4 Å². The minimum Gasteiger partial charge on any atom is -0.381 e. The van der Waals surface area contributed by atoms with Gasteiger partial charge in [-0.3, -0.25) is 4.72 Å². The second-order valence-electron chi connectivity index (χ2n) is 8.83. The van der Waals surface area contributed by atoms with Crippen LogP contribution in [0.15, 0.2) is 140 Å². The molecule has 0 saturated carbocycles. The SMILES string of the molecule is Nc1cc(-c2ccccc2)on1.O=S(=O)(Cl)c1ccccc1F.O=S(=O)(Nc1cc(-c2ccccc2)on1)c1ccccc1F. The van der Waals surface area contributed by atoms with Crippen molar-refractivity contribution in [1.82, 2.24) is 10.3 Å². The van der Waals surface area contributed by atoms with Gasteiger partial charge in [-0.05, 0) is 24.3 Å². The van der Waals surface area contributed by atoms with Crippen LogP contribution in [0.2, 0.25) is 0 Å². The van der Waals surface area contributed by atoms with Gasteiger partial charge in [0.05, 0.1) is 0 Å². The number of nitrogen functional groups attached to an aromatic ring is 1. The fraction of sp³-hybridized carbons (Fsp3) is 0. The van der Waals surface area contributed by atoms with Crippen molar-refractivity contribution in [3.8, 4) is 22.6 Å². The van der Waals surface area contributed by atoms with Crippen LogP contribution < -0.4 is 10.5 Å². The molecule has 6 rings (SSSR count). The molecule has 0 spiro atoms. The van der Waals surface area contributed by atoms with Crippen molar-refractivity contribution in [2.75, 3.05) is 10.5 Å². The molecule has 0 saturated heterocycles. The Bertz CT molecular complexity index is 2080. The van der Waals surface area contributed by atoms with Gasteiger partial charge < -0.3 is 14.8 Å². The second-order valence-corrected chi connectivity index (χ2v) is 13.0. The summed E-state index contributed by atoms with van der Waals surface area (Å²) in [6.45, 7) is 0. The zero-order valence-corrected chi connectivity index (χ0v) is 25.3. The maximum absolute atomic E-state index is 13.6. The maximum Gasteiger partial charge on any atom is 0.266 e. The first-order chi connectivity index (χ1) is 21.4. The van der Waals surface area contributed by atoms with E-state index >= 15 is 0 Å². The van der Waals surface area contributed by atoms with Crippen LogP contribution in [0.3, 0.4) is 0 Å². The van der Waals surface area contributed by atoms with E-state index in [4.69, 9.17) is 25.5 Å². The summed E-state index contributed by atoms with van der Waals surface area (Å²) < 4.78 is 83.9. The summed E-state index contributed by atoms with van der Waals surface area (Å²) >= 11 is 0. The Morgan fingerprint density at radius 2 is 1.07 bits per heavy atom. The smallest absolute Gasteiger partial charge is 0.266 e. The summed E-state index contributed by atoms with van der Waals surface area (Å²) in [7, 11) is -3.10. The van der Waals surface area contributed by atoms with E-state index in [0.29, 0.717) is 17.3 Å². The largest absolute Gasteiger partial charge is 0.381 e. The molecule has 3 N–H and O–H groups in total. The van der Waals surface area contributed by atoms with Gasteiger partial charge in [-0.2, -0.15) is 0 Å².